The molecule has 7 heteroatoms. The van der Waals surface area contributed by atoms with Gasteiger partial charge in [0.15, 0.2) is 0 Å². The molecule has 1 aliphatic heterocycles. The molecule has 0 aliphatic carbocycles. The number of furan rings is 1. The average Bonchev–Trinajstić information content (AvgIpc) is 3.26. The highest BCUT2D eigenvalue weighted by Gasteiger charge is 2.27. The van der Waals surface area contributed by atoms with Crippen LogP contribution in [0.2, 0.25) is 0 Å². The summed E-state index contributed by atoms with van der Waals surface area (Å²) in [7, 11) is 0. The van der Waals surface area contributed by atoms with Gasteiger partial charge >= 0.3 is 0 Å². The van der Waals surface area contributed by atoms with E-state index in [1.165, 1.54) is 11.3 Å². The Morgan fingerprint density at radius 3 is 3.19 bits per heavy atom. The van der Waals surface area contributed by atoms with Gasteiger partial charge in [-0.2, -0.15) is 5.26 Å². The number of rotatable bonds is 4. The summed E-state index contributed by atoms with van der Waals surface area (Å²) in [6.45, 7) is 1.15. The van der Waals surface area contributed by atoms with Gasteiger partial charge in [-0.15, -0.1) is 11.3 Å². The second-order valence-electron chi connectivity index (χ2n) is 4.75. The van der Waals surface area contributed by atoms with Crippen molar-refractivity contribution in [1.29, 1.82) is 5.26 Å². The molecule has 21 heavy (non-hydrogen) atoms. The van der Waals surface area contributed by atoms with Crippen molar-refractivity contribution < 1.29 is 13.9 Å². The zero-order valence-electron chi connectivity index (χ0n) is 11.1. The molecule has 1 amide bonds. The van der Waals surface area contributed by atoms with E-state index in [2.05, 4.69) is 16.4 Å². The lowest BCUT2D eigenvalue weighted by atomic mass is 10.0. The van der Waals surface area contributed by atoms with E-state index in [1.807, 2.05) is 0 Å². The Morgan fingerprint density at radius 1 is 1.62 bits per heavy atom. The van der Waals surface area contributed by atoms with Gasteiger partial charge in [0.1, 0.15) is 23.0 Å². The minimum Gasteiger partial charge on any atom is -0.472 e. The minimum absolute atomic E-state index is 0.0472. The first-order valence-electron chi connectivity index (χ1n) is 6.54. The number of hydrogen-bond acceptors (Lipinski definition) is 6. The predicted molar refractivity (Wildman–Crippen MR) is 75.6 cm³/mol. The highest BCUT2D eigenvalue weighted by Crippen LogP contribution is 2.24. The zero-order chi connectivity index (χ0) is 14.7. The molecule has 2 aromatic rings. The molecule has 0 radical (unpaired) electrons. The lowest BCUT2D eigenvalue weighted by Crippen LogP contribution is -2.39. The average molecular weight is 303 g/mol. The molecule has 1 fully saturated rings. The summed E-state index contributed by atoms with van der Waals surface area (Å²) in [5.41, 5.74) is 1.15. The van der Waals surface area contributed by atoms with Gasteiger partial charge < -0.3 is 14.5 Å². The number of nitrogens with one attached hydrogen (secondary N) is 1. The van der Waals surface area contributed by atoms with Gasteiger partial charge in [0, 0.05) is 23.5 Å². The first-order valence-corrected chi connectivity index (χ1v) is 7.42. The second kappa shape index (κ2) is 6.08. The molecule has 1 aliphatic rings. The van der Waals surface area contributed by atoms with E-state index < -0.39 is 6.04 Å². The molecule has 2 atom stereocenters. The Labute approximate surface area is 125 Å². The van der Waals surface area contributed by atoms with E-state index in [-0.39, 0.29) is 11.8 Å². The van der Waals surface area contributed by atoms with Crippen LogP contribution in [0.1, 0.15) is 16.9 Å². The van der Waals surface area contributed by atoms with Gasteiger partial charge in [-0.05, 0) is 12.5 Å². The van der Waals surface area contributed by atoms with Crippen LogP contribution in [0.4, 0.5) is 0 Å². The number of hydrogen-bond donors (Lipinski definition) is 1. The number of thiazole rings is 1. The normalized spacial score (nSPS) is 19.1. The molecule has 3 heterocycles. The topological polar surface area (TPSA) is 88.2 Å². The summed E-state index contributed by atoms with van der Waals surface area (Å²) < 4.78 is 10.3. The summed E-state index contributed by atoms with van der Waals surface area (Å²) in [6, 6.07) is 3.37. The lowest BCUT2D eigenvalue weighted by Gasteiger charge is -2.15. The Balaban J connectivity index is 1.69. The van der Waals surface area contributed by atoms with Gasteiger partial charge in [-0.3, -0.25) is 4.79 Å². The molecule has 0 saturated carbocycles. The van der Waals surface area contributed by atoms with Crippen molar-refractivity contribution in [3.05, 3.63) is 29.7 Å². The molecule has 108 valence electrons. The van der Waals surface area contributed by atoms with Crippen LogP contribution >= 0.6 is 11.3 Å². The summed E-state index contributed by atoms with van der Waals surface area (Å²) in [4.78, 5) is 16.4. The largest absolute Gasteiger partial charge is 0.472 e. The van der Waals surface area contributed by atoms with Crippen LogP contribution in [0.3, 0.4) is 0 Å². The molecular weight excluding hydrogens is 290 g/mol. The number of carbonyl (C=O) groups excluding carboxylic acids is 1. The third kappa shape index (κ3) is 2.96. The van der Waals surface area contributed by atoms with E-state index in [0.29, 0.717) is 23.9 Å². The third-order valence-corrected chi connectivity index (χ3v) is 4.26. The number of nitrogens with zero attached hydrogens (tertiary/aromatic N) is 2. The van der Waals surface area contributed by atoms with Crippen molar-refractivity contribution in [3.8, 4) is 16.6 Å². The Morgan fingerprint density at radius 2 is 2.52 bits per heavy atom. The van der Waals surface area contributed by atoms with Gasteiger partial charge in [0.25, 0.3) is 5.91 Å². The van der Waals surface area contributed by atoms with E-state index >= 15 is 0 Å². The van der Waals surface area contributed by atoms with Crippen molar-refractivity contribution in [2.75, 3.05) is 13.2 Å². The van der Waals surface area contributed by atoms with Crippen LogP contribution in [0, 0.1) is 17.2 Å². The molecular formula is C14H13N3O3S. The summed E-state index contributed by atoms with van der Waals surface area (Å²) >= 11 is 1.36. The van der Waals surface area contributed by atoms with E-state index in [1.54, 1.807) is 24.0 Å². The molecule has 0 spiro atoms. The maximum absolute atomic E-state index is 12.2. The number of carbonyl (C=O) groups is 1. The molecule has 2 aromatic heterocycles. The van der Waals surface area contributed by atoms with Crippen LogP contribution in [0.25, 0.3) is 10.6 Å². The Bertz CT molecular complexity index is 653. The first-order chi connectivity index (χ1) is 10.3. The van der Waals surface area contributed by atoms with Crippen molar-refractivity contribution in [2.24, 2.45) is 5.92 Å². The standard InChI is InChI=1S/C14H13N3O3S/c15-5-11(9-1-3-19-6-9)16-13(18)12-8-21-14(17-12)10-2-4-20-7-10/h2,4,7-9,11H,1,3,6H2,(H,16,18)/t9-,11-/m1/s1. The zero-order valence-corrected chi connectivity index (χ0v) is 11.9. The molecule has 0 aromatic carbocycles. The molecule has 0 bridgehead atoms. The Kier molecular flexibility index (Phi) is 3.99. The van der Waals surface area contributed by atoms with Crippen LogP contribution in [0.15, 0.2) is 28.4 Å². The summed E-state index contributed by atoms with van der Waals surface area (Å²) in [5.74, 6) is -0.287. The minimum atomic E-state index is -0.543. The number of ether oxygens (including phenoxy) is 1. The van der Waals surface area contributed by atoms with Crippen molar-refractivity contribution in [1.82, 2.24) is 10.3 Å². The van der Waals surface area contributed by atoms with E-state index in [4.69, 9.17) is 9.15 Å². The maximum atomic E-state index is 12.2. The van der Waals surface area contributed by atoms with E-state index in [0.717, 1.165) is 12.0 Å². The molecule has 6 nitrogen and oxygen atoms in total. The fourth-order valence-corrected chi connectivity index (χ4v) is 2.97. The molecule has 3 rings (SSSR count). The number of aromatic nitrogens is 1. The highest BCUT2D eigenvalue weighted by molar-refractivity contribution is 7.13. The van der Waals surface area contributed by atoms with Gasteiger partial charge in [0.05, 0.1) is 18.9 Å². The third-order valence-electron chi connectivity index (χ3n) is 3.37. The van der Waals surface area contributed by atoms with Crippen LogP contribution in [0.5, 0.6) is 0 Å². The number of amides is 1. The predicted octanol–water partition coefficient (Wildman–Crippen LogP) is 2.06. The summed E-state index contributed by atoms with van der Waals surface area (Å²) in [5, 5.41) is 14.3. The molecule has 1 N–H and O–H groups in total. The monoisotopic (exact) mass is 303 g/mol. The van der Waals surface area contributed by atoms with Crippen molar-refractivity contribution in [2.45, 2.75) is 12.5 Å². The highest BCUT2D eigenvalue weighted by atomic mass is 32.1. The van der Waals surface area contributed by atoms with Gasteiger partial charge in [0.2, 0.25) is 0 Å². The maximum Gasteiger partial charge on any atom is 0.271 e. The smallest absolute Gasteiger partial charge is 0.271 e. The van der Waals surface area contributed by atoms with E-state index in [9.17, 15) is 10.1 Å². The van der Waals surface area contributed by atoms with Crippen molar-refractivity contribution in [3.63, 3.8) is 0 Å². The first kappa shape index (κ1) is 13.8. The van der Waals surface area contributed by atoms with Gasteiger partial charge in [-0.1, -0.05) is 0 Å². The molecule has 0 unspecified atom stereocenters. The van der Waals surface area contributed by atoms with Gasteiger partial charge in [-0.25, -0.2) is 4.98 Å². The lowest BCUT2D eigenvalue weighted by molar-refractivity contribution is 0.0927. The van der Waals surface area contributed by atoms with Crippen LogP contribution in [-0.2, 0) is 4.74 Å². The quantitative estimate of drug-likeness (QED) is 0.934. The Hall–Kier alpha value is -2.17. The van der Waals surface area contributed by atoms with Crippen LogP contribution in [-0.4, -0.2) is 30.1 Å². The van der Waals surface area contributed by atoms with Crippen LogP contribution < -0.4 is 5.32 Å². The fraction of sp³-hybridized carbons (Fsp3) is 0.357. The summed E-state index contributed by atoms with van der Waals surface area (Å²) in [6.07, 6.45) is 3.92. The molecule has 1 saturated heterocycles. The SMILES string of the molecule is N#C[C@@H](NC(=O)c1csc(-c2ccoc2)n1)[C@@H]1CCOC1. The second-order valence-corrected chi connectivity index (χ2v) is 5.61. The fourth-order valence-electron chi connectivity index (χ4n) is 2.18. The van der Waals surface area contributed by atoms with Crippen molar-refractivity contribution >= 4 is 17.2 Å². The number of nitriles is 1.